The Bertz CT molecular complexity index is 619. The van der Waals surface area contributed by atoms with Gasteiger partial charge in [0.25, 0.3) is 0 Å². The van der Waals surface area contributed by atoms with E-state index in [0.29, 0.717) is 22.4 Å². The van der Waals surface area contributed by atoms with E-state index < -0.39 is 5.25 Å². The lowest BCUT2D eigenvalue weighted by atomic mass is 10.2. The number of hydrogen-bond donors (Lipinski definition) is 2. The fourth-order valence-corrected chi connectivity index (χ4v) is 3.06. The molecule has 0 aromatic heterocycles. The van der Waals surface area contributed by atoms with Gasteiger partial charge in [-0.3, -0.25) is 14.6 Å². The number of thioether (sulfide) groups is 1. The summed E-state index contributed by atoms with van der Waals surface area (Å²) in [6, 6.07) is 5.32. The lowest BCUT2D eigenvalue weighted by molar-refractivity contribution is -0.122. The predicted octanol–water partition coefficient (Wildman–Crippen LogP) is 2.97. The van der Waals surface area contributed by atoms with Crippen molar-refractivity contribution in [3.05, 3.63) is 28.8 Å². The van der Waals surface area contributed by atoms with Crippen LogP contribution in [0.1, 0.15) is 25.3 Å². The molecule has 1 aliphatic rings. The molecule has 0 saturated carbocycles. The minimum Gasteiger partial charge on any atom is -0.326 e. The van der Waals surface area contributed by atoms with Gasteiger partial charge in [-0.05, 0) is 31.0 Å². The van der Waals surface area contributed by atoms with E-state index in [2.05, 4.69) is 15.6 Å². The van der Waals surface area contributed by atoms with Gasteiger partial charge in [-0.15, -0.1) is 0 Å². The van der Waals surface area contributed by atoms with Gasteiger partial charge in [0.05, 0.1) is 0 Å². The molecule has 1 aliphatic heterocycles. The Balaban J connectivity index is 1.92. The molecule has 1 aromatic rings. The van der Waals surface area contributed by atoms with E-state index in [0.717, 1.165) is 12.0 Å². The number of nitrogens with zero attached hydrogens (tertiary/aromatic N) is 1. The van der Waals surface area contributed by atoms with Crippen molar-refractivity contribution in [1.82, 2.24) is 5.32 Å². The molecule has 0 aliphatic carbocycles. The average Bonchev–Trinajstić information content (AvgIpc) is 2.81. The minimum atomic E-state index is -0.434. The van der Waals surface area contributed by atoms with Crippen molar-refractivity contribution in [2.45, 2.75) is 31.9 Å². The molecule has 2 rings (SSSR count). The number of carbonyl (C=O) groups excluding carboxylic acids is 2. The first-order chi connectivity index (χ1) is 10.5. The first-order valence-electron chi connectivity index (χ1n) is 7.07. The van der Waals surface area contributed by atoms with E-state index in [1.165, 1.54) is 11.8 Å². The molecule has 0 bridgehead atoms. The van der Waals surface area contributed by atoms with Gasteiger partial charge in [-0.1, -0.05) is 36.4 Å². The summed E-state index contributed by atoms with van der Waals surface area (Å²) >= 11 is 7.33. The number of anilines is 1. The van der Waals surface area contributed by atoms with Crippen LogP contribution >= 0.6 is 23.4 Å². The van der Waals surface area contributed by atoms with Gasteiger partial charge < -0.3 is 10.6 Å². The Morgan fingerprint density at radius 2 is 2.27 bits per heavy atom. The maximum atomic E-state index is 12.0. The van der Waals surface area contributed by atoms with Crippen LogP contribution in [0.4, 0.5) is 5.69 Å². The summed E-state index contributed by atoms with van der Waals surface area (Å²) in [5.41, 5.74) is 1.58. The van der Waals surface area contributed by atoms with Gasteiger partial charge in [0, 0.05) is 23.7 Å². The maximum absolute atomic E-state index is 12.0. The fourth-order valence-electron chi connectivity index (χ4n) is 1.88. The maximum Gasteiger partial charge on any atom is 0.240 e. The zero-order chi connectivity index (χ0) is 16.1. The van der Waals surface area contributed by atoms with Crippen molar-refractivity contribution in [3.8, 4) is 0 Å². The quantitative estimate of drug-likeness (QED) is 0.866. The molecule has 1 aromatic carbocycles. The van der Waals surface area contributed by atoms with Crippen LogP contribution in [0.3, 0.4) is 0 Å². The third-order valence-corrected chi connectivity index (χ3v) is 4.61. The van der Waals surface area contributed by atoms with Gasteiger partial charge in [0.2, 0.25) is 11.8 Å². The second-order valence-corrected chi connectivity index (χ2v) is 6.60. The zero-order valence-electron chi connectivity index (χ0n) is 12.5. The topological polar surface area (TPSA) is 70.6 Å². The van der Waals surface area contributed by atoms with Crippen LogP contribution in [0.15, 0.2) is 23.2 Å². The lowest BCUT2D eigenvalue weighted by Gasteiger charge is -2.08. The van der Waals surface area contributed by atoms with E-state index in [1.54, 1.807) is 12.1 Å². The molecule has 1 heterocycles. The van der Waals surface area contributed by atoms with Gasteiger partial charge in [-0.25, -0.2) is 0 Å². The normalized spacial score (nSPS) is 19.3. The molecule has 2 amide bonds. The minimum absolute atomic E-state index is 0.104. The van der Waals surface area contributed by atoms with Gasteiger partial charge in [-0.2, -0.15) is 0 Å². The Kier molecular flexibility index (Phi) is 5.85. The van der Waals surface area contributed by atoms with E-state index in [9.17, 15) is 9.59 Å². The Morgan fingerprint density at radius 1 is 1.50 bits per heavy atom. The molecular weight excluding hydrogens is 322 g/mol. The summed E-state index contributed by atoms with van der Waals surface area (Å²) in [5.74, 6) is -0.388. The molecule has 5 nitrogen and oxygen atoms in total. The lowest BCUT2D eigenvalue weighted by Crippen LogP contribution is -2.28. The highest BCUT2D eigenvalue weighted by Crippen LogP contribution is 2.24. The summed E-state index contributed by atoms with van der Waals surface area (Å²) in [6.45, 7) is 4.58. The molecule has 0 radical (unpaired) electrons. The van der Waals surface area contributed by atoms with E-state index in [1.807, 2.05) is 19.9 Å². The van der Waals surface area contributed by atoms with E-state index in [4.69, 9.17) is 11.6 Å². The molecule has 0 spiro atoms. The average molecular weight is 340 g/mol. The molecular formula is C15H18ClN3O2S. The SMILES string of the molecule is CCCN=C1NC(=O)C(CC(=O)Nc2ccc(C)c(Cl)c2)S1. The van der Waals surface area contributed by atoms with Crippen LogP contribution in [0, 0.1) is 6.92 Å². The second-order valence-electron chi connectivity index (χ2n) is 5.00. The first-order valence-corrected chi connectivity index (χ1v) is 8.33. The third kappa shape index (κ3) is 4.48. The third-order valence-electron chi connectivity index (χ3n) is 3.08. The smallest absolute Gasteiger partial charge is 0.240 e. The molecule has 2 N–H and O–H groups in total. The standard InChI is InChI=1S/C15H18ClN3O2S/c1-3-6-17-15-19-14(21)12(22-15)8-13(20)18-10-5-4-9(2)11(16)7-10/h4-5,7,12H,3,6,8H2,1-2H3,(H,18,20)(H,17,19,21). The van der Waals surface area contributed by atoms with Gasteiger partial charge >= 0.3 is 0 Å². The van der Waals surface area contributed by atoms with Gasteiger partial charge in [0.15, 0.2) is 5.17 Å². The molecule has 1 saturated heterocycles. The number of hydrogen-bond acceptors (Lipinski definition) is 4. The number of amidine groups is 1. The number of aryl methyl sites for hydroxylation is 1. The number of benzene rings is 1. The van der Waals surface area contributed by atoms with Crippen LogP contribution in [-0.2, 0) is 9.59 Å². The molecule has 1 fully saturated rings. The summed E-state index contributed by atoms with van der Waals surface area (Å²) in [7, 11) is 0. The number of halogens is 1. The van der Waals surface area contributed by atoms with Crippen molar-refractivity contribution >= 4 is 46.0 Å². The van der Waals surface area contributed by atoms with Crippen molar-refractivity contribution in [2.24, 2.45) is 4.99 Å². The molecule has 118 valence electrons. The number of amides is 2. The van der Waals surface area contributed by atoms with Crippen LogP contribution < -0.4 is 10.6 Å². The highest BCUT2D eigenvalue weighted by molar-refractivity contribution is 8.15. The van der Waals surface area contributed by atoms with Crippen molar-refractivity contribution in [1.29, 1.82) is 0 Å². The number of rotatable bonds is 5. The van der Waals surface area contributed by atoms with Gasteiger partial charge in [0.1, 0.15) is 5.25 Å². The summed E-state index contributed by atoms with van der Waals surface area (Å²) in [5, 5.41) is 6.22. The monoisotopic (exact) mass is 339 g/mol. The number of nitrogens with one attached hydrogen (secondary N) is 2. The van der Waals surface area contributed by atoms with Crippen molar-refractivity contribution in [3.63, 3.8) is 0 Å². The Labute approximate surface area is 138 Å². The Hall–Kier alpha value is -1.53. The Morgan fingerprint density at radius 3 is 2.95 bits per heavy atom. The second kappa shape index (κ2) is 7.65. The highest BCUT2D eigenvalue weighted by atomic mass is 35.5. The first kappa shape index (κ1) is 16.8. The highest BCUT2D eigenvalue weighted by Gasteiger charge is 2.31. The van der Waals surface area contributed by atoms with E-state index in [-0.39, 0.29) is 18.2 Å². The zero-order valence-corrected chi connectivity index (χ0v) is 14.1. The number of carbonyl (C=O) groups is 2. The van der Waals surface area contributed by atoms with Crippen LogP contribution in [0.2, 0.25) is 5.02 Å². The van der Waals surface area contributed by atoms with E-state index >= 15 is 0 Å². The van der Waals surface area contributed by atoms with Crippen LogP contribution in [0.25, 0.3) is 0 Å². The van der Waals surface area contributed by atoms with Crippen LogP contribution in [0.5, 0.6) is 0 Å². The molecule has 1 unspecified atom stereocenters. The fraction of sp³-hybridized carbons (Fsp3) is 0.400. The largest absolute Gasteiger partial charge is 0.326 e. The molecule has 1 atom stereocenters. The van der Waals surface area contributed by atoms with Crippen molar-refractivity contribution < 1.29 is 9.59 Å². The summed E-state index contributed by atoms with van der Waals surface area (Å²) < 4.78 is 0. The summed E-state index contributed by atoms with van der Waals surface area (Å²) in [6.07, 6.45) is 1.02. The molecule has 7 heteroatoms. The van der Waals surface area contributed by atoms with Crippen molar-refractivity contribution in [2.75, 3.05) is 11.9 Å². The summed E-state index contributed by atoms with van der Waals surface area (Å²) in [4.78, 5) is 28.1. The van der Waals surface area contributed by atoms with Crippen LogP contribution in [-0.4, -0.2) is 28.8 Å². The number of aliphatic imine (C=N–C) groups is 1. The molecule has 22 heavy (non-hydrogen) atoms. The predicted molar refractivity (Wildman–Crippen MR) is 91.6 cm³/mol.